The van der Waals surface area contributed by atoms with E-state index in [0.29, 0.717) is 36.8 Å². The number of amides is 1. The summed E-state index contributed by atoms with van der Waals surface area (Å²) in [6.45, 7) is 4.53. The Bertz CT molecular complexity index is 865. The van der Waals surface area contributed by atoms with Crippen molar-refractivity contribution in [2.24, 2.45) is 5.92 Å². The van der Waals surface area contributed by atoms with E-state index in [0.717, 1.165) is 11.3 Å². The summed E-state index contributed by atoms with van der Waals surface area (Å²) in [6.07, 6.45) is 0.172. The monoisotopic (exact) mass is 390 g/mol. The molecule has 142 valence electrons. The molecule has 1 saturated carbocycles. The van der Waals surface area contributed by atoms with E-state index in [9.17, 15) is 9.18 Å². The van der Waals surface area contributed by atoms with Crippen molar-refractivity contribution in [2.45, 2.75) is 19.0 Å². The van der Waals surface area contributed by atoms with E-state index in [1.165, 1.54) is 24.3 Å². The van der Waals surface area contributed by atoms with E-state index in [2.05, 4.69) is 4.90 Å². The first-order valence-electron chi connectivity index (χ1n) is 9.13. The molecule has 2 fully saturated rings. The van der Waals surface area contributed by atoms with Crippen LogP contribution in [0.15, 0.2) is 42.5 Å². The van der Waals surface area contributed by atoms with Gasteiger partial charge in [0.2, 0.25) is 5.91 Å². The number of alkyl halides is 1. The molecule has 2 aromatic rings. The average Bonchev–Trinajstić information content (AvgIpc) is 3.36. The number of anilines is 1. The van der Waals surface area contributed by atoms with Crippen molar-refractivity contribution in [2.75, 3.05) is 31.1 Å². The highest BCUT2D eigenvalue weighted by Gasteiger charge is 2.61. The third kappa shape index (κ3) is 3.41. The van der Waals surface area contributed by atoms with E-state index < -0.39 is 17.4 Å². The summed E-state index contributed by atoms with van der Waals surface area (Å²) in [5.41, 5.74) is 0.939. The standard InChI is InChI=1S/C21H21ClF2N2O/c1-14-2-5-16(22)12-19(14)25-8-10-26(11-9-25)20(27)18-13-21(18,24)15-3-6-17(23)7-4-15/h2-7,12,18H,8-11,13H2,1H3/t18-,21-/m1/s1. The quantitative estimate of drug-likeness (QED) is 0.779. The van der Waals surface area contributed by atoms with Crippen LogP contribution in [-0.2, 0) is 10.5 Å². The molecule has 0 unspecified atom stereocenters. The van der Waals surface area contributed by atoms with Gasteiger partial charge in [-0.2, -0.15) is 0 Å². The molecule has 0 radical (unpaired) electrons. The van der Waals surface area contributed by atoms with Crippen molar-refractivity contribution in [1.82, 2.24) is 4.90 Å². The van der Waals surface area contributed by atoms with Gasteiger partial charge in [-0.1, -0.05) is 29.8 Å². The Morgan fingerprint density at radius 1 is 1.11 bits per heavy atom. The van der Waals surface area contributed by atoms with Crippen LogP contribution in [0.5, 0.6) is 0 Å². The summed E-state index contributed by atoms with van der Waals surface area (Å²) in [6, 6.07) is 11.1. The fourth-order valence-electron chi connectivity index (χ4n) is 3.88. The van der Waals surface area contributed by atoms with Crippen molar-refractivity contribution in [3.63, 3.8) is 0 Å². The average molecular weight is 391 g/mol. The van der Waals surface area contributed by atoms with Crippen molar-refractivity contribution in [3.05, 3.63) is 64.4 Å². The highest BCUT2D eigenvalue weighted by Crippen LogP contribution is 2.56. The summed E-state index contributed by atoms with van der Waals surface area (Å²) in [5, 5.41) is 0.689. The zero-order chi connectivity index (χ0) is 19.2. The van der Waals surface area contributed by atoms with Gasteiger partial charge >= 0.3 is 0 Å². The Labute approximate surface area is 162 Å². The van der Waals surface area contributed by atoms with Crippen LogP contribution in [0.3, 0.4) is 0 Å². The number of rotatable bonds is 3. The normalized spacial score (nSPS) is 24.8. The first kappa shape index (κ1) is 18.2. The first-order valence-corrected chi connectivity index (χ1v) is 9.51. The van der Waals surface area contributed by atoms with Gasteiger partial charge in [-0.15, -0.1) is 0 Å². The Hall–Kier alpha value is -2.14. The molecule has 2 aromatic carbocycles. The molecule has 2 atom stereocenters. The molecule has 2 aliphatic rings. The number of benzene rings is 2. The lowest BCUT2D eigenvalue weighted by molar-refractivity contribution is -0.134. The lowest BCUT2D eigenvalue weighted by atomic mass is 10.1. The lowest BCUT2D eigenvalue weighted by Gasteiger charge is -2.37. The number of carbonyl (C=O) groups excluding carboxylic acids is 1. The van der Waals surface area contributed by atoms with Gasteiger partial charge in [0.1, 0.15) is 11.5 Å². The van der Waals surface area contributed by atoms with E-state index in [1.54, 1.807) is 4.90 Å². The lowest BCUT2D eigenvalue weighted by Crippen LogP contribution is -2.49. The molecule has 0 spiro atoms. The maximum absolute atomic E-state index is 15.1. The van der Waals surface area contributed by atoms with Crippen LogP contribution in [-0.4, -0.2) is 37.0 Å². The molecule has 3 nitrogen and oxygen atoms in total. The van der Waals surface area contributed by atoms with Crippen LogP contribution in [0, 0.1) is 18.7 Å². The third-order valence-corrected chi connectivity index (χ3v) is 5.85. The highest BCUT2D eigenvalue weighted by atomic mass is 35.5. The van der Waals surface area contributed by atoms with Gasteiger partial charge < -0.3 is 9.80 Å². The predicted octanol–water partition coefficient (Wildman–Crippen LogP) is 4.32. The van der Waals surface area contributed by atoms with Crippen molar-refractivity contribution in [3.8, 4) is 0 Å². The second-order valence-electron chi connectivity index (χ2n) is 7.37. The highest BCUT2D eigenvalue weighted by molar-refractivity contribution is 6.30. The minimum absolute atomic E-state index is 0.149. The van der Waals surface area contributed by atoms with Gasteiger partial charge in [0, 0.05) is 43.3 Å². The summed E-state index contributed by atoms with van der Waals surface area (Å²) < 4.78 is 28.1. The number of hydrogen-bond acceptors (Lipinski definition) is 2. The van der Waals surface area contributed by atoms with Crippen molar-refractivity contribution in [1.29, 1.82) is 0 Å². The fraction of sp³-hybridized carbons (Fsp3) is 0.381. The SMILES string of the molecule is Cc1ccc(Cl)cc1N1CCN(C(=O)[C@H]2C[C@@]2(F)c2ccc(F)cc2)CC1. The van der Waals surface area contributed by atoms with Crippen LogP contribution >= 0.6 is 11.6 Å². The first-order chi connectivity index (χ1) is 12.9. The smallest absolute Gasteiger partial charge is 0.229 e. The van der Waals surface area contributed by atoms with E-state index in [1.807, 2.05) is 25.1 Å². The van der Waals surface area contributed by atoms with Crippen molar-refractivity contribution >= 4 is 23.2 Å². The van der Waals surface area contributed by atoms with Crippen LogP contribution in [0.1, 0.15) is 17.5 Å². The maximum atomic E-state index is 15.1. The molecule has 6 heteroatoms. The van der Waals surface area contributed by atoms with Crippen LogP contribution in [0.2, 0.25) is 5.02 Å². The zero-order valence-electron chi connectivity index (χ0n) is 15.1. The Balaban J connectivity index is 1.39. The minimum Gasteiger partial charge on any atom is -0.368 e. The largest absolute Gasteiger partial charge is 0.368 e. The van der Waals surface area contributed by atoms with Crippen LogP contribution < -0.4 is 4.90 Å². The molecule has 1 aliphatic carbocycles. The van der Waals surface area contributed by atoms with Gasteiger partial charge in [0.15, 0.2) is 0 Å². The number of piperazine rings is 1. The minimum atomic E-state index is -1.66. The van der Waals surface area contributed by atoms with E-state index in [4.69, 9.17) is 11.6 Å². The van der Waals surface area contributed by atoms with Crippen LogP contribution in [0.4, 0.5) is 14.5 Å². The summed E-state index contributed by atoms with van der Waals surface area (Å²) in [4.78, 5) is 16.7. The predicted molar refractivity (Wildman–Crippen MR) is 102 cm³/mol. The van der Waals surface area contributed by atoms with Gasteiger partial charge in [-0.25, -0.2) is 8.78 Å². The molecule has 1 aliphatic heterocycles. The summed E-state index contributed by atoms with van der Waals surface area (Å²) in [7, 11) is 0. The number of hydrogen-bond donors (Lipinski definition) is 0. The molecule has 4 rings (SSSR count). The van der Waals surface area contributed by atoms with Gasteiger partial charge in [-0.3, -0.25) is 4.79 Å². The number of aryl methyl sites for hydroxylation is 1. The Morgan fingerprint density at radius 2 is 1.78 bits per heavy atom. The number of halogens is 3. The maximum Gasteiger partial charge on any atom is 0.229 e. The second-order valence-corrected chi connectivity index (χ2v) is 7.81. The van der Waals surface area contributed by atoms with Gasteiger partial charge in [-0.05, 0) is 42.3 Å². The number of carbonyl (C=O) groups is 1. The fourth-order valence-corrected chi connectivity index (χ4v) is 4.04. The molecular weight excluding hydrogens is 370 g/mol. The number of nitrogens with zero attached hydrogens (tertiary/aromatic N) is 2. The summed E-state index contributed by atoms with van der Waals surface area (Å²) >= 11 is 6.11. The second kappa shape index (κ2) is 6.79. The molecular formula is C21H21ClF2N2O. The molecule has 0 bridgehead atoms. The van der Waals surface area contributed by atoms with E-state index >= 15 is 4.39 Å². The van der Waals surface area contributed by atoms with Crippen LogP contribution in [0.25, 0.3) is 0 Å². The summed E-state index contributed by atoms with van der Waals surface area (Å²) in [5.74, 6) is -1.22. The molecule has 1 amide bonds. The zero-order valence-corrected chi connectivity index (χ0v) is 15.8. The van der Waals surface area contributed by atoms with E-state index in [-0.39, 0.29) is 12.3 Å². The topological polar surface area (TPSA) is 23.6 Å². The molecule has 0 aromatic heterocycles. The van der Waals surface area contributed by atoms with Crippen molar-refractivity contribution < 1.29 is 13.6 Å². The van der Waals surface area contributed by atoms with Gasteiger partial charge in [0.05, 0.1) is 5.92 Å². The molecule has 0 N–H and O–H groups in total. The molecule has 27 heavy (non-hydrogen) atoms. The molecule has 1 saturated heterocycles. The third-order valence-electron chi connectivity index (χ3n) is 5.62. The molecule has 1 heterocycles. The van der Waals surface area contributed by atoms with Gasteiger partial charge in [0.25, 0.3) is 0 Å². The Morgan fingerprint density at radius 3 is 2.44 bits per heavy atom. The Kier molecular flexibility index (Phi) is 4.58.